The van der Waals surface area contributed by atoms with Gasteiger partial charge in [0.25, 0.3) is 0 Å². The Hall–Kier alpha value is -1.10. The van der Waals surface area contributed by atoms with Crippen molar-refractivity contribution in [1.82, 2.24) is 4.90 Å². The Balaban J connectivity index is 4.02. The number of hydrogen-bond donors (Lipinski definition) is 1. The Bertz CT molecular complexity index is 367. The van der Waals surface area contributed by atoms with Gasteiger partial charge in [-0.2, -0.15) is 0 Å². The number of nitrogens with zero attached hydrogens (tertiary/aromatic N) is 1. The van der Waals surface area contributed by atoms with Crippen LogP contribution in [0, 0.1) is 0 Å². The van der Waals surface area contributed by atoms with Crippen LogP contribution < -0.4 is 0 Å². The molecule has 29 heavy (non-hydrogen) atoms. The highest BCUT2D eigenvalue weighted by atomic mass is 16.5. The average Bonchev–Trinajstić information content (AvgIpc) is 2.69. The monoisotopic (exact) mass is 413 g/mol. The van der Waals surface area contributed by atoms with E-state index in [0.717, 1.165) is 38.8 Å². The molecule has 0 fully saturated rings. The fraction of sp³-hybridized carbons (Fsp3) is 0.917. The van der Waals surface area contributed by atoms with Crippen LogP contribution in [-0.2, 0) is 14.3 Å². The van der Waals surface area contributed by atoms with Gasteiger partial charge >= 0.3 is 5.97 Å². The molecule has 5 heteroatoms. The van der Waals surface area contributed by atoms with E-state index in [9.17, 15) is 9.59 Å². The van der Waals surface area contributed by atoms with Crippen molar-refractivity contribution >= 4 is 11.9 Å². The molecule has 0 bridgehead atoms. The van der Waals surface area contributed by atoms with Gasteiger partial charge < -0.3 is 14.7 Å². The molecule has 1 amide bonds. The Kier molecular flexibility index (Phi) is 20.8. The number of amides is 1. The topological polar surface area (TPSA) is 66.8 Å². The summed E-state index contributed by atoms with van der Waals surface area (Å²) in [6.45, 7) is 5.47. The van der Waals surface area contributed by atoms with Crippen LogP contribution in [0.2, 0.25) is 0 Å². The highest BCUT2D eigenvalue weighted by molar-refractivity contribution is 5.78. The van der Waals surface area contributed by atoms with Gasteiger partial charge in [0.05, 0.1) is 0 Å². The molecule has 0 aromatic rings. The highest BCUT2D eigenvalue weighted by Gasteiger charge is 2.13. The standard InChI is InChI=1S/C24H47NO4/c1-3-5-7-9-11-13-15-17-19-25(23(26)21-29-22-24(27)28)20-18-16-14-12-10-8-6-4-2/h3-22H2,1-2H3,(H,27,28). The average molecular weight is 414 g/mol. The van der Waals surface area contributed by atoms with Crippen molar-refractivity contribution in [2.75, 3.05) is 26.3 Å². The van der Waals surface area contributed by atoms with Crippen LogP contribution in [0.15, 0.2) is 0 Å². The smallest absolute Gasteiger partial charge is 0.329 e. The van der Waals surface area contributed by atoms with Crippen LogP contribution in [0.4, 0.5) is 0 Å². The first-order valence-electron chi connectivity index (χ1n) is 12.2. The number of carboxylic acid groups (broad SMARTS) is 1. The Morgan fingerprint density at radius 3 is 1.38 bits per heavy atom. The van der Waals surface area contributed by atoms with Crippen LogP contribution in [0.3, 0.4) is 0 Å². The SMILES string of the molecule is CCCCCCCCCCN(CCCCCCCCCC)C(=O)COCC(=O)O. The molecule has 0 aliphatic carbocycles. The zero-order chi connectivity index (χ0) is 21.6. The van der Waals surface area contributed by atoms with E-state index >= 15 is 0 Å². The van der Waals surface area contributed by atoms with Crippen molar-refractivity contribution in [2.45, 2.75) is 117 Å². The van der Waals surface area contributed by atoms with Gasteiger partial charge in [-0.1, -0.05) is 104 Å². The van der Waals surface area contributed by atoms with Crippen LogP contribution in [0.25, 0.3) is 0 Å². The summed E-state index contributed by atoms with van der Waals surface area (Å²) in [6, 6.07) is 0. The fourth-order valence-corrected chi connectivity index (χ4v) is 3.55. The maximum absolute atomic E-state index is 12.4. The first-order valence-corrected chi connectivity index (χ1v) is 12.2. The van der Waals surface area contributed by atoms with Gasteiger partial charge in [0, 0.05) is 13.1 Å². The second-order valence-electron chi connectivity index (χ2n) is 8.22. The zero-order valence-corrected chi connectivity index (χ0v) is 19.3. The van der Waals surface area contributed by atoms with E-state index in [1.54, 1.807) is 0 Å². The van der Waals surface area contributed by atoms with Crippen molar-refractivity contribution in [3.8, 4) is 0 Å². The van der Waals surface area contributed by atoms with Gasteiger partial charge in [-0.3, -0.25) is 4.79 Å². The minimum Gasteiger partial charge on any atom is -0.480 e. The summed E-state index contributed by atoms with van der Waals surface area (Å²) < 4.78 is 5.01. The van der Waals surface area contributed by atoms with E-state index in [0.29, 0.717) is 0 Å². The van der Waals surface area contributed by atoms with E-state index in [2.05, 4.69) is 13.8 Å². The molecule has 172 valence electrons. The molecule has 0 aliphatic heterocycles. The van der Waals surface area contributed by atoms with E-state index in [1.807, 2.05) is 4.90 Å². The summed E-state index contributed by atoms with van der Waals surface area (Å²) in [5, 5.41) is 8.67. The molecule has 0 aromatic carbocycles. The van der Waals surface area contributed by atoms with Gasteiger partial charge in [0.2, 0.25) is 5.91 Å². The highest BCUT2D eigenvalue weighted by Crippen LogP contribution is 2.11. The molecule has 0 spiro atoms. The molecular weight excluding hydrogens is 366 g/mol. The van der Waals surface area contributed by atoms with E-state index in [-0.39, 0.29) is 12.5 Å². The van der Waals surface area contributed by atoms with E-state index in [4.69, 9.17) is 9.84 Å². The van der Waals surface area contributed by atoms with Gasteiger partial charge in [-0.15, -0.1) is 0 Å². The normalized spacial score (nSPS) is 11.0. The fourth-order valence-electron chi connectivity index (χ4n) is 3.55. The molecule has 0 unspecified atom stereocenters. The summed E-state index contributed by atoms with van der Waals surface area (Å²) in [5.74, 6) is -1.10. The van der Waals surface area contributed by atoms with Gasteiger partial charge in [0.15, 0.2) is 0 Å². The maximum Gasteiger partial charge on any atom is 0.329 e. The number of carbonyl (C=O) groups is 2. The Morgan fingerprint density at radius 2 is 1.00 bits per heavy atom. The third-order valence-electron chi connectivity index (χ3n) is 5.37. The van der Waals surface area contributed by atoms with E-state index < -0.39 is 12.6 Å². The summed E-state index contributed by atoms with van der Waals surface area (Å²) in [4.78, 5) is 24.9. The largest absolute Gasteiger partial charge is 0.480 e. The maximum atomic E-state index is 12.4. The predicted octanol–water partition coefficient (Wildman–Crippen LogP) is 6.20. The molecule has 0 atom stereocenters. The summed E-state index contributed by atoms with van der Waals surface area (Å²) in [7, 11) is 0. The number of carboxylic acids is 1. The van der Waals surface area contributed by atoms with Crippen molar-refractivity contribution in [3.05, 3.63) is 0 Å². The second kappa shape index (κ2) is 21.6. The third-order valence-corrected chi connectivity index (χ3v) is 5.37. The zero-order valence-electron chi connectivity index (χ0n) is 19.3. The Morgan fingerprint density at radius 1 is 0.621 bits per heavy atom. The minimum absolute atomic E-state index is 0.0721. The number of hydrogen-bond acceptors (Lipinski definition) is 3. The van der Waals surface area contributed by atoms with Crippen LogP contribution >= 0.6 is 0 Å². The predicted molar refractivity (Wildman–Crippen MR) is 120 cm³/mol. The molecule has 5 nitrogen and oxygen atoms in total. The molecule has 1 N–H and O–H groups in total. The minimum atomic E-state index is -1.03. The summed E-state index contributed by atoms with van der Waals surface area (Å²) in [5.41, 5.74) is 0. The molecule has 0 saturated heterocycles. The second-order valence-corrected chi connectivity index (χ2v) is 8.22. The number of aliphatic carboxylic acids is 1. The number of rotatable bonds is 22. The van der Waals surface area contributed by atoms with Crippen molar-refractivity contribution in [2.24, 2.45) is 0 Å². The van der Waals surface area contributed by atoms with Crippen LogP contribution in [0.1, 0.15) is 117 Å². The molecular formula is C24H47NO4. The summed E-state index contributed by atoms with van der Waals surface area (Å²) in [6.07, 6.45) is 19.9. The number of ether oxygens (including phenoxy) is 1. The van der Waals surface area contributed by atoms with Gasteiger partial charge in [-0.25, -0.2) is 4.79 Å². The van der Waals surface area contributed by atoms with E-state index in [1.165, 1.54) is 77.0 Å². The lowest BCUT2D eigenvalue weighted by Crippen LogP contribution is -2.36. The first-order chi connectivity index (χ1) is 14.1. The summed E-state index contributed by atoms with van der Waals surface area (Å²) >= 11 is 0. The third kappa shape index (κ3) is 20.0. The molecule has 0 aliphatic rings. The van der Waals surface area contributed by atoms with Crippen LogP contribution in [-0.4, -0.2) is 48.2 Å². The number of carbonyl (C=O) groups excluding carboxylic acids is 1. The number of unbranched alkanes of at least 4 members (excludes halogenated alkanes) is 14. The lowest BCUT2D eigenvalue weighted by molar-refractivity contribution is -0.145. The molecule has 0 radical (unpaired) electrons. The lowest BCUT2D eigenvalue weighted by Gasteiger charge is -2.22. The van der Waals surface area contributed by atoms with Crippen LogP contribution in [0.5, 0.6) is 0 Å². The Labute approximate surface area is 179 Å². The molecule has 0 heterocycles. The van der Waals surface area contributed by atoms with Crippen molar-refractivity contribution < 1.29 is 19.4 Å². The van der Waals surface area contributed by atoms with Gasteiger partial charge in [-0.05, 0) is 12.8 Å². The first kappa shape index (κ1) is 27.9. The quantitative estimate of drug-likeness (QED) is 0.215. The molecule has 0 saturated carbocycles. The lowest BCUT2D eigenvalue weighted by atomic mass is 10.1. The van der Waals surface area contributed by atoms with Crippen molar-refractivity contribution in [3.63, 3.8) is 0 Å². The molecule has 0 rings (SSSR count). The van der Waals surface area contributed by atoms with Gasteiger partial charge in [0.1, 0.15) is 13.2 Å². The molecule has 0 aromatic heterocycles. The van der Waals surface area contributed by atoms with Crippen molar-refractivity contribution in [1.29, 1.82) is 0 Å².